The molecule has 0 aromatic rings. The number of nitrogens with one attached hydrogen (secondary N) is 1. The molecule has 0 aliphatic carbocycles. The van der Waals surface area contributed by atoms with Crippen molar-refractivity contribution in [1.82, 2.24) is 15.1 Å². The van der Waals surface area contributed by atoms with Gasteiger partial charge in [0.05, 0.1) is 18.7 Å². The maximum atomic E-state index is 13.6. The van der Waals surface area contributed by atoms with Gasteiger partial charge in [0.1, 0.15) is 6.04 Å². The molecule has 2 amide bonds. The number of hydrogen-bond acceptors (Lipinski definition) is 5. The Kier molecular flexibility index (Phi) is 10.4. The number of rotatable bonds is 8. The van der Waals surface area contributed by atoms with Crippen LogP contribution in [0.1, 0.15) is 68.2 Å². The maximum Gasteiger partial charge on any atom is 0.333 e. The third-order valence-corrected chi connectivity index (χ3v) is 6.35. The Bertz CT molecular complexity index is 686. The zero-order valence-corrected chi connectivity index (χ0v) is 21.8. The predicted octanol–water partition coefficient (Wildman–Crippen LogP) is 3.24. The third kappa shape index (κ3) is 7.32. The average molecular weight is 452 g/mol. The summed E-state index contributed by atoms with van der Waals surface area (Å²) in [5, 5.41) is 3.07. The first kappa shape index (κ1) is 28.1. The molecule has 1 N–H and O–H groups in total. The average Bonchev–Trinajstić information content (AvgIpc) is 2.67. The van der Waals surface area contributed by atoms with Crippen LogP contribution in [-0.2, 0) is 19.1 Å². The molecule has 1 heterocycles. The minimum absolute atomic E-state index is 0.0779. The Labute approximate surface area is 194 Å². The second-order valence-corrected chi connectivity index (χ2v) is 10.6. The van der Waals surface area contributed by atoms with Crippen molar-refractivity contribution in [2.75, 3.05) is 27.2 Å². The molecule has 32 heavy (non-hydrogen) atoms. The van der Waals surface area contributed by atoms with E-state index in [2.05, 4.69) is 17.1 Å². The van der Waals surface area contributed by atoms with Crippen molar-refractivity contribution in [2.24, 2.45) is 17.3 Å². The van der Waals surface area contributed by atoms with Gasteiger partial charge in [-0.05, 0) is 57.5 Å². The van der Waals surface area contributed by atoms with Crippen LogP contribution in [0.4, 0.5) is 0 Å². The van der Waals surface area contributed by atoms with E-state index >= 15 is 0 Å². The van der Waals surface area contributed by atoms with Crippen LogP contribution in [0, 0.1) is 17.3 Å². The van der Waals surface area contributed by atoms with E-state index in [0.29, 0.717) is 12.2 Å². The van der Waals surface area contributed by atoms with Gasteiger partial charge in [0.2, 0.25) is 11.8 Å². The number of ether oxygens (including phenoxy) is 1. The number of carbonyl (C=O) groups excluding carboxylic acids is 3. The first-order valence-corrected chi connectivity index (χ1v) is 11.8. The zero-order chi connectivity index (χ0) is 24.8. The van der Waals surface area contributed by atoms with Crippen LogP contribution in [0.2, 0.25) is 0 Å². The molecular formula is C25H45N3O4. The summed E-state index contributed by atoms with van der Waals surface area (Å²) >= 11 is 0. The van der Waals surface area contributed by atoms with Crippen LogP contribution >= 0.6 is 0 Å². The summed E-state index contributed by atoms with van der Waals surface area (Å²) < 4.78 is 5.09. The fourth-order valence-corrected chi connectivity index (χ4v) is 4.40. The van der Waals surface area contributed by atoms with E-state index in [1.165, 1.54) is 0 Å². The van der Waals surface area contributed by atoms with Gasteiger partial charge < -0.3 is 15.0 Å². The first-order chi connectivity index (χ1) is 14.7. The van der Waals surface area contributed by atoms with Crippen molar-refractivity contribution in [3.63, 3.8) is 0 Å². The standard InChI is InChI=1S/C25H45N3O4/c1-11-32-24(31)18(5)15-19(16(2)3)28(10)23(30)21(25(6,7)8)26-22(29)20-17(4)13-12-14-27(20)9/h15-17,19-21H,11-14H2,1-10H3,(H,26,29)/b18-15+. The Morgan fingerprint density at radius 3 is 2.31 bits per heavy atom. The van der Waals surface area contributed by atoms with Crippen LogP contribution in [-0.4, -0.2) is 73.0 Å². The largest absolute Gasteiger partial charge is 0.463 e. The zero-order valence-electron chi connectivity index (χ0n) is 21.8. The number of piperidine rings is 1. The molecule has 1 aliphatic rings. The number of likely N-dealkylation sites (N-methyl/N-ethyl adjacent to an activating group) is 2. The van der Waals surface area contributed by atoms with Crippen molar-refractivity contribution in [3.05, 3.63) is 11.6 Å². The van der Waals surface area contributed by atoms with Gasteiger partial charge in [-0.2, -0.15) is 0 Å². The monoisotopic (exact) mass is 451 g/mol. The van der Waals surface area contributed by atoms with E-state index in [0.717, 1.165) is 19.4 Å². The van der Waals surface area contributed by atoms with Gasteiger partial charge in [-0.15, -0.1) is 0 Å². The number of amides is 2. The van der Waals surface area contributed by atoms with E-state index in [4.69, 9.17) is 4.74 Å². The van der Waals surface area contributed by atoms with E-state index in [9.17, 15) is 14.4 Å². The number of nitrogens with zero attached hydrogens (tertiary/aromatic N) is 2. The van der Waals surface area contributed by atoms with Crippen LogP contribution < -0.4 is 5.32 Å². The second kappa shape index (κ2) is 11.8. The van der Waals surface area contributed by atoms with Gasteiger partial charge in [0, 0.05) is 12.6 Å². The SMILES string of the molecule is CCOC(=O)/C(C)=C/C(C(C)C)N(C)C(=O)C(NC(=O)C1C(C)CCCN1C)C(C)(C)C. The highest BCUT2D eigenvalue weighted by atomic mass is 16.5. The van der Waals surface area contributed by atoms with Gasteiger partial charge in [0.25, 0.3) is 0 Å². The summed E-state index contributed by atoms with van der Waals surface area (Å²) in [7, 11) is 3.71. The quantitative estimate of drug-likeness (QED) is 0.453. The maximum absolute atomic E-state index is 13.6. The molecule has 0 bridgehead atoms. The Balaban J connectivity index is 3.15. The first-order valence-electron chi connectivity index (χ1n) is 11.8. The Hall–Kier alpha value is -1.89. The van der Waals surface area contributed by atoms with Crippen LogP contribution in [0.25, 0.3) is 0 Å². The van der Waals surface area contributed by atoms with Crippen molar-refractivity contribution in [1.29, 1.82) is 0 Å². The number of carbonyl (C=O) groups is 3. The van der Waals surface area contributed by atoms with Gasteiger partial charge in [-0.25, -0.2) is 4.79 Å². The van der Waals surface area contributed by atoms with Gasteiger partial charge >= 0.3 is 5.97 Å². The van der Waals surface area contributed by atoms with Gasteiger partial charge in [-0.3, -0.25) is 14.5 Å². The predicted molar refractivity (Wildman–Crippen MR) is 128 cm³/mol. The van der Waals surface area contributed by atoms with Crippen LogP contribution in [0.3, 0.4) is 0 Å². The molecule has 184 valence electrons. The van der Waals surface area contributed by atoms with Crippen molar-refractivity contribution >= 4 is 17.8 Å². The molecular weight excluding hydrogens is 406 g/mol. The summed E-state index contributed by atoms with van der Waals surface area (Å²) in [6, 6.07) is -1.22. The Morgan fingerprint density at radius 2 is 1.84 bits per heavy atom. The molecule has 4 unspecified atom stereocenters. The molecule has 0 saturated carbocycles. The smallest absolute Gasteiger partial charge is 0.333 e. The molecule has 0 radical (unpaired) electrons. The van der Waals surface area contributed by atoms with E-state index in [1.807, 2.05) is 41.7 Å². The van der Waals surface area contributed by atoms with E-state index in [-0.39, 0.29) is 41.7 Å². The molecule has 7 heteroatoms. The lowest BCUT2D eigenvalue weighted by molar-refractivity contribution is -0.142. The summed E-state index contributed by atoms with van der Waals surface area (Å²) in [6.07, 6.45) is 3.87. The molecule has 1 saturated heterocycles. The molecule has 0 aromatic heterocycles. The number of hydrogen-bond donors (Lipinski definition) is 1. The van der Waals surface area contributed by atoms with Crippen LogP contribution in [0.15, 0.2) is 11.6 Å². The minimum Gasteiger partial charge on any atom is -0.463 e. The van der Waals surface area contributed by atoms with E-state index in [1.54, 1.807) is 31.9 Å². The minimum atomic E-state index is -0.680. The molecule has 7 nitrogen and oxygen atoms in total. The highest BCUT2D eigenvalue weighted by Crippen LogP contribution is 2.26. The highest BCUT2D eigenvalue weighted by Gasteiger charge is 2.40. The lowest BCUT2D eigenvalue weighted by Gasteiger charge is -2.40. The molecule has 1 rings (SSSR count). The van der Waals surface area contributed by atoms with Crippen molar-refractivity contribution in [3.8, 4) is 0 Å². The van der Waals surface area contributed by atoms with Crippen LogP contribution in [0.5, 0.6) is 0 Å². The van der Waals surface area contributed by atoms with Gasteiger partial charge in [-0.1, -0.05) is 47.6 Å². The summed E-state index contributed by atoms with van der Waals surface area (Å²) in [4.78, 5) is 42.7. The lowest BCUT2D eigenvalue weighted by atomic mass is 9.84. The summed E-state index contributed by atoms with van der Waals surface area (Å²) in [5.74, 6) is -0.326. The highest BCUT2D eigenvalue weighted by molar-refractivity contribution is 5.91. The van der Waals surface area contributed by atoms with Crippen molar-refractivity contribution < 1.29 is 19.1 Å². The number of esters is 1. The molecule has 4 atom stereocenters. The second-order valence-electron chi connectivity index (χ2n) is 10.6. The van der Waals surface area contributed by atoms with Gasteiger partial charge in [0.15, 0.2) is 0 Å². The molecule has 1 fully saturated rings. The normalized spacial score (nSPS) is 22.3. The topological polar surface area (TPSA) is 79.0 Å². The molecule has 1 aliphatic heterocycles. The Morgan fingerprint density at radius 1 is 1.25 bits per heavy atom. The third-order valence-electron chi connectivity index (χ3n) is 6.35. The summed E-state index contributed by atoms with van der Waals surface area (Å²) in [5.41, 5.74) is -0.00182. The molecule has 0 aromatic carbocycles. The fraction of sp³-hybridized carbons (Fsp3) is 0.800. The fourth-order valence-electron chi connectivity index (χ4n) is 4.40. The number of likely N-dealkylation sites (tertiary alicyclic amines) is 1. The lowest BCUT2D eigenvalue weighted by Crippen LogP contribution is -2.60. The van der Waals surface area contributed by atoms with E-state index < -0.39 is 11.5 Å². The van der Waals surface area contributed by atoms with Crippen molar-refractivity contribution in [2.45, 2.75) is 86.4 Å². The molecule has 0 spiro atoms. The summed E-state index contributed by atoms with van der Waals surface area (Å²) in [6.45, 7) is 16.6.